The molecule has 1 aliphatic heterocycles. The summed E-state index contributed by atoms with van der Waals surface area (Å²) in [6.45, 7) is 4.64. The molecule has 0 unspecified atom stereocenters. The number of nitro groups is 1. The summed E-state index contributed by atoms with van der Waals surface area (Å²) in [6.07, 6.45) is 0. The fraction of sp³-hybridized carbons (Fsp3) is 0.286. The first-order valence-corrected chi connectivity index (χ1v) is 11.5. The van der Waals surface area contributed by atoms with Gasteiger partial charge < -0.3 is 15.0 Å². The van der Waals surface area contributed by atoms with E-state index in [-0.39, 0.29) is 22.4 Å². The second-order valence-corrected chi connectivity index (χ2v) is 8.66. The van der Waals surface area contributed by atoms with Crippen LogP contribution in [-0.4, -0.2) is 57.7 Å². The Morgan fingerprint density at radius 3 is 2.73 bits per heavy atom. The van der Waals surface area contributed by atoms with Crippen LogP contribution in [0.2, 0.25) is 5.02 Å². The zero-order chi connectivity index (χ0) is 23.4. The monoisotopic (exact) mass is 488 g/mol. The van der Waals surface area contributed by atoms with E-state index in [1.165, 1.54) is 30.0 Å². The maximum atomic E-state index is 12.6. The van der Waals surface area contributed by atoms with E-state index in [2.05, 4.69) is 20.4 Å². The van der Waals surface area contributed by atoms with Crippen molar-refractivity contribution in [3.05, 3.63) is 63.2 Å². The summed E-state index contributed by atoms with van der Waals surface area (Å²) in [6, 6.07) is 11.9. The number of benzene rings is 2. The lowest BCUT2D eigenvalue weighted by atomic mass is 10.2. The molecular weight excluding hydrogens is 468 g/mol. The summed E-state index contributed by atoms with van der Waals surface area (Å²) in [5.74, 6) is 0.438. The van der Waals surface area contributed by atoms with Crippen LogP contribution >= 0.6 is 23.4 Å². The second-order valence-electron chi connectivity index (χ2n) is 7.31. The topological polar surface area (TPSA) is 115 Å². The van der Waals surface area contributed by atoms with E-state index in [9.17, 15) is 14.9 Å². The summed E-state index contributed by atoms with van der Waals surface area (Å²) in [7, 11) is 0. The highest BCUT2D eigenvalue weighted by Crippen LogP contribution is 2.29. The minimum absolute atomic E-state index is 0.0559. The quantitative estimate of drug-likeness (QED) is 0.304. The zero-order valence-corrected chi connectivity index (χ0v) is 19.3. The lowest BCUT2D eigenvalue weighted by molar-refractivity contribution is -0.384. The Hall–Kier alpha value is -3.15. The number of aromatic nitrogens is 3. The van der Waals surface area contributed by atoms with Crippen LogP contribution in [-0.2, 0) is 9.53 Å². The number of ether oxygens (including phenoxy) is 1. The Kier molecular flexibility index (Phi) is 7.11. The minimum Gasteiger partial charge on any atom is -0.378 e. The molecule has 0 aliphatic carbocycles. The van der Waals surface area contributed by atoms with Crippen molar-refractivity contribution in [3.63, 3.8) is 0 Å². The predicted molar refractivity (Wildman–Crippen MR) is 127 cm³/mol. The highest BCUT2D eigenvalue weighted by molar-refractivity contribution is 7.99. The number of halogens is 1. The van der Waals surface area contributed by atoms with Crippen molar-refractivity contribution >= 4 is 46.6 Å². The van der Waals surface area contributed by atoms with Crippen LogP contribution in [0.5, 0.6) is 0 Å². The fourth-order valence-electron chi connectivity index (χ4n) is 3.35. The number of thioether (sulfide) groups is 1. The lowest BCUT2D eigenvalue weighted by Gasteiger charge is -2.28. The van der Waals surface area contributed by atoms with Gasteiger partial charge in [0.1, 0.15) is 0 Å². The number of nitrogens with one attached hydrogen (secondary N) is 1. The molecule has 3 aromatic rings. The average molecular weight is 489 g/mol. The minimum atomic E-state index is -0.544. The van der Waals surface area contributed by atoms with Crippen molar-refractivity contribution in [2.45, 2.75) is 12.1 Å². The van der Waals surface area contributed by atoms with Crippen molar-refractivity contribution in [2.24, 2.45) is 0 Å². The molecule has 0 spiro atoms. The van der Waals surface area contributed by atoms with Crippen LogP contribution in [0.3, 0.4) is 0 Å². The predicted octanol–water partition coefficient (Wildman–Crippen LogP) is 3.70. The number of rotatable bonds is 7. The van der Waals surface area contributed by atoms with Gasteiger partial charge in [0.15, 0.2) is 5.16 Å². The van der Waals surface area contributed by atoms with Crippen molar-refractivity contribution in [1.82, 2.24) is 14.8 Å². The number of amides is 1. The number of hydrogen-bond acceptors (Lipinski definition) is 8. The maximum absolute atomic E-state index is 12.6. The van der Waals surface area contributed by atoms with Gasteiger partial charge in [-0.05, 0) is 30.7 Å². The van der Waals surface area contributed by atoms with Gasteiger partial charge in [-0.15, -0.1) is 10.2 Å². The van der Waals surface area contributed by atoms with Gasteiger partial charge in [0.05, 0.1) is 40.3 Å². The number of nitrogens with zero attached hydrogens (tertiary/aromatic N) is 5. The van der Waals surface area contributed by atoms with E-state index in [1.807, 2.05) is 35.8 Å². The number of anilines is 2. The first kappa shape index (κ1) is 23.0. The average Bonchev–Trinajstić information content (AvgIpc) is 3.23. The van der Waals surface area contributed by atoms with Crippen molar-refractivity contribution in [3.8, 4) is 5.69 Å². The molecule has 0 radical (unpaired) electrons. The third-order valence-corrected chi connectivity index (χ3v) is 6.18. The summed E-state index contributed by atoms with van der Waals surface area (Å²) in [5, 5.41) is 23.0. The van der Waals surface area contributed by atoms with Gasteiger partial charge in [-0.3, -0.25) is 19.5 Å². The first-order valence-electron chi connectivity index (χ1n) is 10.1. The molecule has 1 fully saturated rings. The summed E-state index contributed by atoms with van der Waals surface area (Å²) >= 11 is 7.32. The molecule has 2 aromatic carbocycles. The molecular formula is C21H21ClN6O4S. The zero-order valence-electron chi connectivity index (χ0n) is 17.7. The fourth-order valence-corrected chi connectivity index (χ4v) is 4.32. The SMILES string of the molecule is Cc1cccc(-n2c(SCC(=O)Nc3ccc([N+](=O)[O-])cc3Cl)nnc2N2CCOCC2)c1. The Morgan fingerprint density at radius 1 is 1.24 bits per heavy atom. The van der Waals surface area contributed by atoms with Gasteiger partial charge >= 0.3 is 0 Å². The van der Waals surface area contributed by atoms with Gasteiger partial charge in [0.2, 0.25) is 11.9 Å². The third kappa shape index (κ3) is 5.44. The number of morpholine rings is 1. The van der Waals surface area contributed by atoms with Crippen LogP contribution < -0.4 is 10.2 Å². The smallest absolute Gasteiger partial charge is 0.271 e. The van der Waals surface area contributed by atoms with E-state index in [0.717, 1.165) is 11.3 Å². The van der Waals surface area contributed by atoms with Crippen LogP contribution in [0.15, 0.2) is 47.6 Å². The van der Waals surface area contributed by atoms with Gasteiger partial charge in [-0.1, -0.05) is 35.5 Å². The Morgan fingerprint density at radius 2 is 2.03 bits per heavy atom. The summed E-state index contributed by atoms with van der Waals surface area (Å²) in [5.41, 5.74) is 2.16. The van der Waals surface area contributed by atoms with Crippen LogP contribution in [0.1, 0.15) is 5.56 Å². The molecule has 172 valence electrons. The third-order valence-electron chi connectivity index (χ3n) is 4.94. The highest BCUT2D eigenvalue weighted by Gasteiger charge is 2.22. The number of nitro benzene ring substituents is 1. The van der Waals surface area contributed by atoms with Gasteiger partial charge in [0.25, 0.3) is 5.69 Å². The number of aryl methyl sites for hydroxylation is 1. The molecule has 0 saturated carbocycles. The van der Waals surface area contributed by atoms with Crippen LogP contribution in [0, 0.1) is 17.0 Å². The van der Waals surface area contributed by atoms with Crippen LogP contribution in [0.25, 0.3) is 5.69 Å². The van der Waals surface area contributed by atoms with Crippen molar-refractivity contribution in [1.29, 1.82) is 0 Å². The molecule has 33 heavy (non-hydrogen) atoms. The standard InChI is InChI=1S/C21H21ClN6O4S/c1-14-3-2-4-15(11-14)27-20(26-7-9-32-10-8-26)24-25-21(27)33-13-19(29)23-18-6-5-16(28(30)31)12-17(18)22/h2-6,11-12H,7-10,13H2,1H3,(H,23,29). The summed E-state index contributed by atoms with van der Waals surface area (Å²) in [4.78, 5) is 25.0. The Balaban J connectivity index is 1.52. The number of carbonyl (C=O) groups is 1. The van der Waals surface area contributed by atoms with Gasteiger partial charge in [0, 0.05) is 25.2 Å². The molecule has 0 atom stereocenters. The maximum Gasteiger partial charge on any atom is 0.271 e. The molecule has 1 N–H and O–H groups in total. The summed E-state index contributed by atoms with van der Waals surface area (Å²) < 4.78 is 7.39. The molecule has 10 nitrogen and oxygen atoms in total. The molecule has 12 heteroatoms. The second kappa shape index (κ2) is 10.2. The number of non-ortho nitro benzene ring substituents is 1. The van der Waals surface area contributed by atoms with Crippen molar-refractivity contribution < 1.29 is 14.5 Å². The van der Waals surface area contributed by atoms with E-state index >= 15 is 0 Å². The Bertz CT molecular complexity index is 1180. The number of carbonyl (C=O) groups excluding carboxylic acids is 1. The highest BCUT2D eigenvalue weighted by atomic mass is 35.5. The molecule has 1 saturated heterocycles. The molecule has 1 aromatic heterocycles. The van der Waals surface area contributed by atoms with Gasteiger partial charge in [-0.25, -0.2) is 0 Å². The first-order chi connectivity index (χ1) is 15.9. The largest absolute Gasteiger partial charge is 0.378 e. The van der Waals surface area contributed by atoms with E-state index in [0.29, 0.717) is 43.1 Å². The number of hydrogen-bond donors (Lipinski definition) is 1. The molecule has 2 heterocycles. The molecule has 1 amide bonds. The molecule has 0 bridgehead atoms. The Labute approximate surface area is 199 Å². The van der Waals surface area contributed by atoms with E-state index < -0.39 is 4.92 Å². The van der Waals surface area contributed by atoms with Crippen molar-refractivity contribution in [2.75, 3.05) is 42.3 Å². The van der Waals surface area contributed by atoms with E-state index in [4.69, 9.17) is 16.3 Å². The lowest BCUT2D eigenvalue weighted by Crippen LogP contribution is -2.37. The van der Waals surface area contributed by atoms with Gasteiger partial charge in [-0.2, -0.15) is 0 Å². The molecule has 1 aliphatic rings. The normalized spacial score (nSPS) is 13.7. The van der Waals surface area contributed by atoms with Crippen LogP contribution in [0.4, 0.5) is 17.3 Å². The van der Waals surface area contributed by atoms with E-state index in [1.54, 1.807) is 0 Å². The molecule has 4 rings (SSSR count).